The van der Waals surface area contributed by atoms with Crippen molar-refractivity contribution in [1.82, 2.24) is 0 Å². The van der Waals surface area contributed by atoms with Crippen molar-refractivity contribution >= 4 is 44.7 Å². The number of aryl methyl sites for hydroxylation is 1. The number of Topliss-reactive ketones (excluding diaryl/α,β-unsaturated/α-hetero) is 1. The fourth-order valence-corrected chi connectivity index (χ4v) is 2.85. The zero-order valence-electron chi connectivity index (χ0n) is 8.95. The van der Waals surface area contributed by atoms with E-state index in [-0.39, 0.29) is 5.78 Å². The van der Waals surface area contributed by atoms with E-state index in [1.165, 1.54) is 4.88 Å². The van der Waals surface area contributed by atoms with Crippen LogP contribution in [0.3, 0.4) is 0 Å². The zero-order chi connectivity index (χ0) is 12.3. The molecule has 88 valence electrons. The molecule has 0 atom stereocenters. The average molecular weight is 330 g/mol. The van der Waals surface area contributed by atoms with Gasteiger partial charge >= 0.3 is 0 Å². The smallest absolute Gasteiger partial charge is 0.164 e. The van der Waals surface area contributed by atoms with Crippen LogP contribution in [0.2, 0.25) is 5.02 Å². The maximum atomic E-state index is 12.0. The van der Waals surface area contributed by atoms with Crippen LogP contribution in [0.4, 0.5) is 0 Å². The summed E-state index contributed by atoms with van der Waals surface area (Å²) in [6, 6.07) is 9.47. The van der Waals surface area contributed by atoms with Gasteiger partial charge in [-0.1, -0.05) is 23.7 Å². The molecule has 1 aromatic heterocycles. The van der Waals surface area contributed by atoms with Gasteiger partial charge in [-0.25, -0.2) is 0 Å². The van der Waals surface area contributed by atoms with Gasteiger partial charge in [0.1, 0.15) is 0 Å². The van der Waals surface area contributed by atoms with Gasteiger partial charge in [-0.05, 0) is 45.9 Å². The van der Waals surface area contributed by atoms with Crippen LogP contribution in [0.1, 0.15) is 21.7 Å². The lowest BCUT2D eigenvalue weighted by molar-refractivity contribution is 0.0983. The molecule has 0 aliphatic rings. The highest BCUT2D eigenvalue weighted by atomic mass is 79.9. The Morgan fingerprint density at radius 3 is 2.82 bits per heavy atom. The Bertz CT molecular complexity index is 522. The molecule has 0 fully saturated rings. The van der Waals surface area contributed by atoms with Crippen LogP contribution in [0.25, 0.3) is 0 Å². The van der Waals surface area contributed by atoms with Gasteiger partial charge in [0.25, 0.3) is 0 Å². The molecule has 0 spiro atoms. The molecule has 2 rings (SSSR count). The molecule has 0 bridgehead atoms. The Morgan fingerprint density at radius 1 is 1.29 bits per heavy atom. The molecular weight excluding hydrogens is 320 g/mol. The van der Waals surface area contributed by atoms with E-state index >= 15 is 0 Å². The molecule has 0 aliphatic carbocycles. The first-order valence-electron chi connectivity index (χ1n) is 5.18. The number of carbonyl (C=O) groups excluding carboxylic acids is 1. The molecule has 0 unspecified atom stereocenters. The minimum absolute atomic E-state index is 0.0877. The Morgan fingerprint density at radius 2 is 2.12 bits per heavy atom. The van der Waals surface area contributed by atoms with Gasteiger partial charge < -0.3 is 0 Å². The molecule has 0 saturated carbocycles. The van der Waals surface area contributed by atoms with E-state index in [2.05, 4.69) is 15.9 Å². The molecule has 0 N–H and O–H groups in total. The molecule has 0 saturated heterocycles. The Hall–Kier alpha value is -0.640. The van der Waals surface area contributed by atoms with E-state index < -0.39 is 0 Å². The summed E-state index contributed by atoms with van der Waals surface area (Å²) in [6.45, 7) is 0. The molecule has 1 aromatic carbocycles. The second-order valence-corrected chi connectivity index (χ2v) is 5.87. The Kier molecular flexibility index (Phi) is 4.37. The maximum Gasteiger partial charge on any atom is 0.164 e. The highest BCUT2D eigenvalue weighted by Gasteiger charge is 2.12. The SMILES string of the molecule is O=C(CCc1cccs1)c1cccc(Br)c1Cl. The summed E-state index contributed by atoms with van der Waals surface area (Å²) in [4.78, 5) is 13.2. The van der Waals surface area contributed by atoms with Crippen LogP contribution in [-0.4, -0.2) is 5.78 Å². The lowest BCUT2D eigenvalue weighted by Crippen LogP contribution is -2.01. The van der Waals surface area contributed by atoms with E-state index in [1.807, 2.05) is 29.6 Å². The molecule has 0 aliphatic heterocycles. The van der Waals surface area contributed by atoms with Crippen molar-refractivity contribution in [3.8, 4) is 0 Å². The summed E-state index contributed by atoms with van der Waals surface area (Å²) >= 11 is 11.1. The highest BCUT2D eigenvalue weighted by Crippen LogP contribution is 2.27. The minimum Gasteiger partial charge on any atom is -0.294 e. The maximum absolute atomic E-state index is 12.0. The summed E-state index contributed by atoms with van der Waals surface area (Å²) in [6.07, 6.45) is 1.27. The number of benzene rings is 1. The van der Waals surface area contributed by atoms with Crippen LogP contribution in [-0.2, 0) is 6.42 Å². The first-order chi connectivity index (χ1) is 8.18. The van der Waals surface area contributed by atoms with E-state index in [4.69, 9.17) is 11.6 Å². The van der Waals surface area contributed by atoms with Crippen LogP contribution >= 0.6 is 38.9 Å². The van der Waals surface area contributed by atoms with Gasteiger partial charge in [0.2, 0.25) is 0 Å². The molecule has 1 heterocycles. The van der Waals surface area contributed by atoms with Crippen LogP contribution in [0.5, 0.6) is 0 Å². The first kappa shape index (κ1) is 12.8. The van der Waals surface area contributed by atoms with E-state index in [1.54, 1.807) is 17.4 Å². The molecule has 2 aromatic rings. The lowest BCUT2D eigenvalue weighted by Gasteiger charge is -2.04. The molecule has 1 nitrogen and oxygen atoms in total. The zero-order valence-corrected chi connectivity index (χ0v) is 12.1. The average Bonchev–Trinajstić information content (AvgIpc) is 2.82. The third-order valence-electron chi connectivity index (χ3n) is 2.43. The minimum atomic E-state index is 0.0877. The second-order valence-electron chi connectivity index (χ2n) is 3.60. The first-order valence-corrected chi connectivity index (χ1v) is 7.23. The molecule has 0 amide bonds. The molecule has 4 heteroatoms. The molecule has 17 heavy (non-hydrogen) atoms. The summed E-state index contributed by atoms with van der Waals surface area (Å²) in [7, 11) is 0. The quantitative estimate of drug-likeness (QED) is 0.723. The van der Waals surface area contributed by atoms with Gasteiger partial charge in [-0.3, -0.25) is 4.79 Å². The fraction of sp³-hybridized carbons (Fsp3) is 0.154. The number of halogens is 2. The number of hydrogen-bond acceptors (Lipinski definition) is 2. The lowest BCUT2D eigenvalue weighted by atomic mass is 10.1. The van der Waals surface area contributed by atoms with Crippen molar-refractivity contribution in [2.24, 2.45) is 0 Å². The topological polar surface area (TPSA) is 17.1 Å². The van der Waals surface area contributed by atoms with E-state index in [0.717, 1.165) is 10.9 Å². The van der Waals surface area contributed by atoms with Gasteiger partial charge in [-0.2, -0.15) is 0 Å². The van der Waals surface area contributed by atoms with E-state index in [0.29, 0.717) is 17.0 Å². The third-order valence-corrected chi connectivity index (χ3v) is 4.66. The fourth-order valence-electron chi connectivity index (χ4n) is 1.55. The molecule has 0 radical (unpaired) electrons. The van der Waals surface area contributed by atoms with Crippen LogP contribution in [0, 0.1) is 0 Å². The van der Waals surface area contributed by atoms with Crippen molar-refractivity contribution in [3.05, 3.63) is 55.6 Å². The van der Waals surface area contributed by atoms with Crippen molar-refractivity contribution < 1.29 is 4.79 Å². The monoisotopic (exact) mass is 328 g/mol. The predicted molar refractivity (Wildman–Crippen MR) is 76.1 cm³/mol. The Labute approximate surface area is 118 Å². The van der Waals surface area contributed by atoms with Crippen LogP contribution < -0.4 is 0 Å². The van der Waals surface area contributed by atoms with Gasteiger partial charge in [0.15, 0.2) is 5.78 Å². The number of rotatable bonds is 4. The summed E-state index contributed by atoms with van der Waals surface area (Å²) in [5.74, 6) is 0.0877. The van der Waals surface area contributed by atoms with Crippen molar-refractivity contribution in [3.63, 3.8) is 0 Å². The molecular formula is C13H10BrClOS. The number of hydrogen-bond donors (Lipinski definition) is 0. The van der Waals surface area contributed by atoms with Crippen molar-refractivity contribution in [1.29, 1.82) is 0 Å². The van der Waals surface area contributed by atoms with E-state index in [9.17, 15) is 4.79 Å². The summed E-state index contributed by atoms with van der Waals surface area (Å²) in [5.41, 5.74) is 0.595. The summed E-state index contributed by atoms with van der Waals surface area (Å²) in [5, 5.41) is 2.52. The number of ketones is 1. The van der Waals surface area contributed by atoms with Gasteiger partial charge in [-0.15, -0.1) is 11.3 Å². The van der Waals surface area contributed by atoms with Gasteiger partial charge in [0, 0.05) is 21.3 Å². The van der Waals surface area contributed by atoms with Crippen LogP contribution in [0.15, 0.2) is 40.2 Å². The third kappa shape index (κ3) is 3.18. The van der Waals surface area contributed by atoms with Gasteiger partial charge in [0.05, 0.1) is 5.02 Å². The highest BCUT2D eigenvalue weighted by molar-refractivity contribution is 9.10. The largest absolute Gasteiger partial charge is 0.294 e. The standard InChI is InChI=1S/C13H10BrClOS/c14-11-5-1-4-10(13(11)15)12(16)7-6-9-3-2-8-17-9/h1-5,8H,6-7H2. The normalized spacial score (nSPS) is 10.5. The van der Waals surface area contributed by atoms with Crippen molar-refractivity contribution in [2.75, 3.05) is 0 Å². The Balaban J connectivity index is 2.07. The number of thiophene rings is 1. The second kappa shape index (κ2) is 5.80. The van der Waals surface area contributed by atoms with Crippen molar-refractivity contribution in [2.45, 2.75) is 12.8 Å². The summed E-state index contributed by atoms with van der Waals surface area (Å²) < 4.78 is 0.765. The predicted octanol–water partition coefficient (Wildman–Crippen LogP) is 4.98. The number of carbonyl (C=O) groups is 1.